The minimum absolute atomic E-state index is 0.133. The Labute approximate surface area is 103 Å². The lowest BCUT2D eigenvalue weighted by molar-refractivity contribution is 0.0963. The maximum atomic E-state index is 11.9. The van der Waals surface area contributed by atoms with E-state index in [1.807, 2.05) is 7.05 Å². The van der Waals surface area contributed by atoms with E-state index < -0.39 is 0 Å². The van der Waals surface area contributed by atoms with Crippen molar-refractivity contribution < 1.29 is 4.79 Å². The molecular formula is C13H23N3O. The summed E-state index contributed by atoms with van der Waals surface area (Å²) in [4.78, 5) is 11.9. The molecule has 0 fully saturated rings. The van der Waals surface area contributed by atoms with E-state index in [-0.39, 0.29) is 5.78 Å². The lowest BCUT2D eigenvalue weighted by Gasteiger charge is -2.19. The largest absolute Gasteiger partial charge is 0.330 e. The number of aryl methyl sites for hydroxylation is 1. The van der Waals surface area contributed by atoms with Gasteiger partial charge in [-0.15, -0.1) is 0 Å². The van der Waals surface area contributed by atoms with Gasteiger partial charge in [0.1, 0.15) is 5.69 Å². The highest BCUT2D eigenvalue weighted by molar-refractivity contribution is 5.94. The average molecular weight is 237 g/mol. The molecule has 1 aromatic rings. The average Bonchev–Trinajstić information content (AvgIpc) is 2.70. The van der Waals surface area contributed by atoms with Crippen molar-refractivity contribution in [2.24, 2.45) is 24.6 Å². The van der Waals surface area contributed by atoms with Crippen LogP contribution in [0.1, 0.15) is 43.6 Å². The summed E-state index contributed by atoms with van der Waals surface area (Å²) in [6.45, 7) is 5.07. The number of carbonyl (C=O) groups is 1. The molecule has 0 saturated heterocycles. The first-order valence-electron chi connectivity index (χ1n) is 6.27. The summed E-state index contributed by atoms with van der Waals surface area (Å²) >= 11 is 0. The summed E-state index contributed by atoms with van der Waals surface area (Å²) in [5.74, 6) is 1.25. The molecule has 1 aromatic heterocycles. The van der Waals surface area contributed by atoms with Crippen molar-refractivity contribution in [2.75, 3.05) is 6.54 Å². The van der Waals surface area contributed by atoms with E-state index in [9.17, 15) is 4.79 Å². The van der Waals surface area contributed by atoms with Gasteiger partial charge in [-0.05, 0) is 37.3 Å². The van der Waals surface area contributed by atoms with Crippen LogP contribution in [0.2, 0.25) is 0 Å². The molecule has 0 amide bonds. The molecule has 0 saturated carbocycles. The number of Topliss-reactive ketones (excluding diaryl/α,β-unsaturated/α-hetero) is 1. The minimum Gasteiger partial charge on any atom is -0.330 e. The van der Waals surface area contributed by atoms with Crippen LogP contribution in [-0.4, -0.2) is 22.1 Å². The normalized spacial score (nSPS) is 13.0. The molecule has 4 nitrogen and oxygen atoms in total. The molecule has 0 radical (unpaired) electrons. The highest BCUT2D eigenvalue weighted by Crippen LogP contribution is 2.21. The summed E-state index contributed by atoms with van der Waals surface area (Å²) in [6.07, 6.45) is 4.27. The van der Waals surface area contributed by atoms with Gasteiger partial charge in [-0.25, -0.2) is 0 Å². The highest BCUT2D eigenvalue weighted by Gasteiger charge is 2.16. The lowest BCUT2D eigenvalue weighted by atomic mass is 9.87. The number of nitrogens with zero attached hydrogens (tertiary/aromatic N) is 2. The van der Waals surface area contributed by atoms with Gasteiger partial charge in [0, 0.05) is 19.7 Å². The third-order valence-electron chi connectivity index (χ3n) is 3.22. The molecule has 0 spiro atoms. The van der Waals surface area contributed by atoms with Gasteiger partial charge >= 0.3 is 0 Å². The second kappa shape index (κ2) is 6.55. The van der Waals surface area contributed by atoms with Crippen LogP contribution >= 0.6 is 0 Å². The zero-order valence-electron chi connectivity index (χ0n) is 11.0. The number of nitrogens with two attached hydrogens (primary N) is 1. The molecule has 0 bridgehead atoms. The molecule has 1 heterocycles. The fourth-order valence-corrected chi connectivity index (χ4v) is 2.03. The van der Waals surface area contributed by atoms with Crippen molar-refractivity contribution in [3.63, 3.8) is 0 Å². The Morgan fingerprint density at radius 3 is 2.65 bits per heavy atom. The fourth-order valence-electron chi connectivity index (χ4n) is 2.03. The van der Waals surface area contributed by atoms with E-state index in [1.165, 1.54) is 0 Å². The summed E-state index contributed by atoms with van der Waals surface area (Å²) in [6, 6.07) is 1.77. The monoisotopic (exact) mass is 237 g/mol. The molecule has 1 atom stereocenters. The van der Waals surface area contributed by atoms with Crippen molar-refractivity contribution in [1.29, 1.82) is 0 Å². The Morgan fingerprint density at radius 1 is 1.47 bits per heavy atom. The maximum Gasteiger partial charge on any atom is 0.183 e. The number of hydrogen-bond donors (Lipinski definition) is 1. The molecular weight excluding hydrogens is 214 g/mol. The van der Waals surface area contributed by atoms with Crippen molar-refractivity contribution >= 4 is 5.78 Å². The first-order chi connectivity index (χ1) is 8.04. The number of carbonyl (C=O) groups excluding carboxylic acids is 1. The molecule has 17 heavy (non-hydrogen) atoms. The van der Waals surface area contributed by atoms with Crippen LogP contribution in [0.3, 0.4) is 0 Å². The van der Waals surface area contributed by atoms with Gasteiger partial charge in [0.2, 0.25) is 0 Å². The topological polar surface area (TPSA) is 60.9 Å². The maximum absolute atomic E-state index is 11.9. The fraction of sp³-hybridized carbons (Fsp3) is 0.692. The van der Waals surface area contributed by atoms with Crippen LogP contribution in [0.5, 0.6) is 0 Å². The number of rotatable bonds is 7. The van der Waals surface area contributed by atoms with Gasteiger partial charge in [0.05, 0.1) is 0 Å². The van der Waals surface area contributed by atoms with Crippen LogP contribution in [0.4, 0.5) is 0 Å². The summed E-state index contributed by atoms with van der Waals surface area (Å²) in [7, 11) is 1.82. The van der Waals surface area contributed by atoms with E-state index in [2.05, 4.69) is 18.9 Å². The molecule has 2 N–H and O–H groups in total. The molecule has 1 unspecified atom stereocenters. The van der Waals surface area contributed by atoms with E-state index in [0.717, 1.165) is 12.8 Å². The van der Waals surface area contributed by atoms with Gasteiger partial charge in [0.25, 0.3) is 0 Å². The van der Waals surface area contributed by atoms with Gasteiger partial charge in [-0.3, -0.25) is 9.48 Å². The van der Waals surface area contributed by atoms with Crippen LogP contribution in [-0.2, 0) is 7.05 Å². The van der Waals surface area contributed by atoms with Gasteiger partial charge in [0.15, 0.2) is 5.78 Å². The summed E-state index contributed by atoms with van der Waals surface area (Å²) in [5.41, 5.74) is 6.16. The second-order valence-electron chi connectivity index (χ2n) is 4.92. The van der Waals surface area contributed by atoms with E-state index >= 15 is 0 Å². The van der Waals surface area contributed by atoms with Crippen LogP contribution in [0, 0.1) is 11.8 Å². The lowest BCUT2D eigenvalue weighted by Crippen LogP contribution is -2.16. The van der Waals surface area contributed by atoms with Crippen molar-refractivity contribution in [1.82, 2.24) is 9.78 Å². The molecule has 4 heteroatoms. The zero-order valence-corrected chi connectivity index (χ0v) is 11.0. The minimum atomic E-state index is 0.133. The Hall–Kier alpha value is -1.16. The quantitative estimate of drug-likeness (QED) is 0.738. The first kappa shape index (κ1) is 13.9. The number of aromatic nitrogens is 2. The number of ketones is 1. The zero-order chi connectivity index (χ0) is 12.8. The molecule has 96 valence electrons. The van der Waals surface area contributed by atoms with Crippen LogP contribution in [0.15, 0.2) is 12.3 Å². The summed E-state index contributed by atoms with van der Waals surface area (Å²) in [5, 5.41) is 4.12. The van der Waals surface area contributed by atoms with Gasteiger partial charge in [-0.2, -0.15) is 5.10 Å². The van der Waals surface area contributed by atoms with Crippen LogP contribution in [0.25, 0.3) is 0 Å². The van der Waals surface area contributed by atoms with E-state index in [1.54, 1.807) is 16.9 Å². The Bertz CT molecular complexity index is 357. The van der Waals surface area contributed by atoms with E-state index in [4.69, 9.17) is 5.73 Å². The molecule has 0 aliphatic carbocycles. The highest BCUT2D eigenvalue weighted by atomic mass is 16.1. The molecule has 1 rings (SSSR count). The Morgan fingerprint density at radius 2 is 2.18 bits per heavy atom. The van der Waals surface area contributed by atoms with Crippen molar-refractivity contribution in [3.05, 3.63) is 18.0 Å². The third kappa shape index (κ3) is 4.30. The standard InChI is InChI=1S/C13H23N3O/c1-10(2)11(6-8-14)4-5-13(17)12-7-9-16(3)15-12/h7,9-11H,4-6,8,14H2,1-3H3. The van der Waals surface area contributed by atoms with Crippen LogP contribution < -0.4 is 5.73 Å². The van der Waals surface area contributed by atoms with Gasteiger partial charge < -0.3 is 5.73 Å². The van der Waals surface area contributed by atoms with Crippen molar-refractivity contribution in [3.8, 4) is 0 Å². The smallest absolute Gasteiger partial charge is 0.183 e. The Kier molecular flexibility index (Phi) is 5.35. The van der Waals surface area contributed by atoms with Gasteiger partial charge in [-0.1, -0.05) is 13.8 Å². The molecule has 0 aliphatic heterocycles. The first-order valence-corrected chi connectivity index (χ1v) is 6.27. The number of hydrogen-bond acceptors (Lipinski definition) is 3. The molecule has 0 aromatic carbocycles. The second-order valence-corrected chi connectivity index (χ2v) is 4.92. The molecule has 0 aliphatic rings. The Balaban J connectivity index is 2.46. The third-order valence-corrected chi connectivity index (χ3v) is 3.22. The van der Waals surface area contributed by atoms with E-state index in [0.29, 0.717) is 30.5 Å². The predicted octanol–water partition coefficient (Wildman–Crippen LogP) is 2.00. The SMILES string of the molecule is CC(C)C(CCN)CCC(=O)c1ccn(C)n1. The summed E-state index contributed by atoms with van der Waals surface area (Å²) < 4.78 is 1.66. The van der Waals surface area contributed by atoms with Crippen molar-refractivity contribution in [2.45, 2.75) is 33.1 Å². The predicted molar refractivity (Wildman–Crippen MR) is 68.8 cm³/mol.